The normalized spacial score (nSPS) is 12.4. The van der Waals surface area contributed by atoms with Gasteiger partial charge in [0.05, 0.1) is 27.9 Å². The molecule has 4 aromatic heterocycles. The second-order valence-electron chi connectivity index (χ2n) is 18.4. The summed E-state index contributed by atoms with van der Waals surface area (Å²) in [7, 11) is 0. The lowest BCUT2D eigenvalue weighted by atomic mass is 9.84. The number of rotatable bonds is 5. The van der Waals surface area contributed by atoms with Gasteiger partial charge in [-0.2, -0.15) is 0 Å². The van der Waals surface area contributed by atoms with Crippen molar-refractivity contribution in [3.63, 3.8) is 0 Å². The van der Waals surface area contributed by atoms with E-state index in [0.29, 0.717) is 0 Å². The van der Waals surface area contributed by atoms with Crippen LogP contribution in [0.25, 0.3) is 105 Å². The highest BCUT2D eigenvalue weighted by Crippen LogP contribution is 2.45. The first-order valence-electron chi connectivity index (χ1n) is 21.2. The molecular weight excluding hydrogens is 745 g/mol. The molecule has 0 spiro atoms. The Hall–Kier alpha value is -7.24. The van der Waals surface area contributed by atoms with E-state index < -0.39 is 0 Å². The third-order valence-corrected chi connectivity index (χ3v) is 12.3. The number of nitrogens with one attached hydrogen (secondary N) is 1. The molecule has 0 radical (unpaired) electrons. The molecule has 0 aliphatic heterocycles. The Morgan fingerprint density at radius 2 is 1.26 bits per heavy atom. The molecule has 1 N–H and O–H groups in total. The van der Waals surface area contributed by atoms with E-state index in [0.717, 1.165) is 94.6 Å². The molecule has 11 aromatic rings. The summed E-state index contributed by atoms with van der Waals surface area (Å²) in [5.74, 6) is 0.879. The Kier molecular flexibility index (Phi) is 8.24. The lowest BCUT2D eigenvalue weighted by molar-refractivity contribution is 0.590. The minimum atomic E-state index is -0.122. The summed E-state index contributed by atoms with van der Waals surface area (Å²) < 4.78 is 8.97. The molecule has 7 aromatic carbocycles. The van der Waals surface area contributed by atoms with Crippen molar-refractivity contribution in [1.82, 2.24) is 19.5 Å². The van der Waals surface area contributed by atoms with Gasteiger partial charge in [0, 0.05) is 55.5 Å². The maximum atomic E-state index is 6.58. The molecule has 0 bridgehead atoms. The molecule has 0 amide bonds. The van der Waals surface area contributed by atoms with Gasteiger partial charge in [-0.1, -0.05) is 133 Å². The predicted octanol–water partition coefficient (Wildman–Crippen LogP) is 15.2. The number of nitrogens with zero attached hydrogens (tertiary/aromatic N) is 3. The van der Waals surface area contributed by atoms with Crippen LogP contribution in [0.1, 0.15) is 52.7 Å². The van der Waals surface area contributed by atoms with Crippen LogP contribution in [-0.4, -0.2) is 19.5 Å². The molecule has 11 rings (SSSR count). The summed E-state index contributed by atoms with van der Waals surface area (Å²) in [6.45, 7) is 13.7. The van der Waals surface area contributed by atoms with E-state index in [-0.39, 0.29) is 10.8 Å². The Morgan fingerprint density at radius 3 is 2.07 bits per heavy atom. The van der Waals surface area contributed by atoms with Crippen LogP contribution in [0.5, 0.6) is 0 Å². The predicted molar refractivity (Wildman–Crippen MR) is 255 cm³/mol. The molecule has 0 unspecified atom stereocenters. The van der Waals surface area contributed by atoms with Crippen LogP contribution in [-0.2, 0) is 10.8 Å². The average Bonchev–Trinajstić information content (AvgIpc) is 3.97. The quantitative estimate of drug-likeness (QED) is 0.189. The van der Waals surface area contributed by atoms with E-state index in [9.17, 15) is 0 Å². The van der Waals surface area contributed by atoms with Crippen LogP contribution in [0, 0.1) is 0 Å². The highest BCUT2D eigenvalue weighted by Gasteiger charge is 2.26. The van der Waals surface area contributed by atoms with E-state index >= 15 is 0 Å². The SMILES string of the molecule is CC(C)(C)c1ccc2[nH]c3c(-c4nc5c(-c6cc(-c7ccccn7)c7oc8ccccc8c7c6)cccc5n4-c4ccccc4-c4ccccc4)cc(C(C)(C)C)cc3c2c1. The highest BCUT2D eigenvalue weighted by molar-refractivity contribution is 6.14. The van der Waals surface area contributed by atoms with Crippen molar-refractivity contribution < 1.29 is 4.42 Å². The summed E-state index contributed by atoms with van der Waals surface area (Å²) in [5, 5.41) is 4.55. The van der Waals surface area contributed by atoms with Crippen molar-refractivity contribution in [2.45, 2.75) is 52.4 Å². The van der Waals surface area contributed by atoms with Gasteiger partial charge in [0.25, 0.3) is 0 Å². The fourth-order valence-corrected chi connectivity index (χ4v) is 9.06. The van der Waals surface area contributed by atoms with E-state index in [2.05, 4.69) is 185 Å². The van der Waals surface area contributed by atoms with Crippen LogP contribution in [0.3, 0.4) is 0 Å². The van der Waals surface area contributed by atoms with Crippen molar-refractivity contribution >= 4 is 54.8 Å². The first-order valence-corrected chi connectivity index (χ1v) is 21.2. The van der Waals surface area contributed by atoms with Crippen LogP contribution in [0.15, 0.2) is 168 Å². The lowest BCUT2D eigenvalue weighted by Crippen LogP contribution is -2.11. The minimum absolute atomic E-state index is 0.00990. The van der Waals surface area contributed by atoms with Crippen molar-refractivity contribution in [2.24, 2.45) is 0 Å². The van der Waals surface area contributed by atoms with E-state index in [1.807, 2.05) is 30.5 Å². The number of pyridine rings is 1. The molecule has 0 aliphatic carbocycles. The number of hydrogen-bond donors (Lipinski definition) is 1. The van der Waals surface area contributed by atoms with Gasteiger partial charge in [-0.3, -0.25) is 9.55 Å². The average molecular weight is 791 g/mol. The van der Waals surface area contributed by atoms with E-state index in [4.69, 9.17) is 14.4 Å². The van der Waals surface area contributed by atoms with Gasteiger partial charge in [-0.05, 0) is 99.8 Å². The molecule has 296 valence electrons. The van der Waals surface area contributed by atoms with Gasteiger partial charge >= 0.3 is 0 Å². The molecule has 5 heteroatoms. The fourth-order valence-electron chi connectivity index (χ4n) is 9.06. The summed E-state index contributed by atoms with van der Waals surface area (Å²) in [6.07, 6.45) is 1.84. The number of benzene rings is 7. The van der Waals surface area contributed by atoms with Gasteiger partial charge in [0.2, 0.25) is 0 Å². The third-order valence-electron chi connectivity index (χ3n) is 12.3. The first kappa shape index (κ1) is 36.8. The number of furan rings is 1. The molecule has 0 saturated carbocycles. The minimum Gasteiger partial charge on any atom is -0.455 e. The molecule has 4 heterocycles. The molecule has 5 nitrogen and oxygen atoms in total. The topological polar surface area (TPSA) is 59.6 Å². The zero-order valence-corrected chi connectivity index (χ0v) is 35.3. The molecule has 0 aliphatic rings. The smallest absolute Gasteiger partial charge is 0.147 e. The summed E-state index contributed by atoms with van der Waals surface area (Å²) in [6, 6.07) is 56.4. The number of imidazole rings is 1. The van der Waals surface area contributed by atoms with Crippen LogP contribution >= 0.6 is 0 Å². The van der Waals surface area contributed by atoms with Crippen LogP contribution in [0.2, 0.25) is 0 Å². The first-order chi connectivity index (χ1) is 29.5. The largest absolute Gasteiger partial charge is 0.455 e. The summed E-state index contributed by atoms with van der Waals surface area (Å²) in [4.78, 5) is 14.5. The summed E-state index contributed by atoms with van der Waals surface area (Å²) >= 11 is 0. The molecular formula is C56H46N4O. The standard InChI is InChI=1S/C56H46N4O/c1-55(2,3)36-26-27-47-41(31-36)42-32-37(56(4,5)6)33-45(51(42)58-47)54-59-52-39(21-16-24-49(52)60(54)48-23-12-10-19-38(48)34-17-8-7-9-18-34)35-29-43-40-20-11-13-25-50(40)61-53(43)44(30-35)46-22-14-15-28-57-46/h7-33,58H,1-6H3. The Morgan fingerprint density at radius 1 is 0.525 bits per heavy atom. The maximum Gasteiger partial charge on any atom is 0.147 e. The fraction of sp³-hybridized carbons (Fsp3) is 0.143. The van der Waals surface area contributed by atoms with Crippen LogP contribution < -0.4 is 0 Å². The number of aromatic amines is 1. The number of aromatic nitrogens is 4. The van der Waals surface area contributed by atoms with Crippen LogP contribution in [0.4, 0.5) is 0 Å². The van der Waals surface area contributed by atoms with Gasteiger partial charge in [-0.25, -0.2) is 4.98 Å². The highest BCUT2D eigenvalue weighted by atomic mass is 16.3. The lowest BCUT2D eigenvalue weighted by Gasteiger charge is -2.21. The second kappa shape index (κ2) is 13.7. The van der Waals surface area contributed by atoms with Crippen molar-refractivity contribution in [3.8, 4) is 50.6 Å². The zero-order valence-electron chi connectivity index (χ0n) is 35.3. The van der Waals surface area contributed by atoms with Gasteiger partial charge < -0.3 is 9.40 Å². The number of H-pyrrole nitrogens is 1. The Labute approximate surface area is 355 Å². The number of hydrogen-bond acceptors (Lipinski definition) is 3. The van der Waals surface area contributed by atoms with Gasteiger partial charge in [0.15, 0.2) is 0 Å². The Balaban J connectivity index is 1.26. The Bertz CT molecular complexity index is 3480. The zero-order chi connectivity index (χ0) is 41.6. The number of para-hydroxylation sites is 3. The molecule has 0 saturated heterocycles. The molecule has 61 heavy (non-hydrogen) atoms. The van der Waals surface area contributed by atoms with E-state index in [1.165, 1.54) is 21.9 Å². The third kappa shape index (κ3) is 6.06. The monoisotopic (exact) mass is 790 g/mol. The van der Waals surface area contributed by atoms with E-state index in [1.54, 1.807) is 0 Å². The van der Waals surface area contributed by atoms with Gasteiger partial charge in [-0.15, -0.1) is 0 Å². The maximum absolute atomic E-state index is 6.58. The van der Waals surface area contributed by atoms with Crippen molar-refractivity contribution in [3.05, 3.63) is 175 Å². The number of fused-ring (bicyclic) bond motifs is 7. The molecule has 0 fully saturated rings. The molecule has 0 atom stereocenters. The van der Waals surface area contributed by atoms with Gasteiger partial charge in [0.1, 0.15) is 17.0 Å². The van der Waals surface area contributed by atoms with Crippen molar-refractivity contribution in [2.75, 3.05) is 0 Å². The van der Waals surface area contributed by atoms with Crippen molar-refractivity contribution in [1.29, 1.82) is 0 Å². The second-order valence-corrected chi connectivity index (χ2v) is 18.4. The summed E-state index contributed by atoms with van der Waals surface area (Å²) in [5.41, 5.74) is 16.6.